The fourth-order valence-electron chi connectivity index (χ4n) is 2.65. The van der Waals surface area contributed by atoms with Gasteiger partial charge in [0.05, 0.1) is 0 Å². The van der Waals surface area contributed by atoms with Gasteiger partial charge in [0.2, 0.25) is 0 Å². The second-order valence-electron chi connectivity index (χ2n) is 5.72. The molecule has 1 rings (SSSR count). The van der Waals surface area contributed by atoms with Crippen molar-refractivity contribution in [3.8, 4) is 0 Å². The summed E-state index contributed by atoms with van der Waals surface area (Å²) in [5, 5.41) is 0. The van der Waals surface area contributed by atoms with Gasteiger partial charge in [0, 0.05) is 18.8 Å². The van der Waals surface area contributed by atoms with Gasteiger partial charge < -0.3 is 13.6 Å². The zero-order valence-electron chi connectivity index (χ0n) is 12.8. The SMILES string of the molecule is CCCCO[Si](O)(OCCCC)C1CCCCCC1. The molecule has 0 radical (unpaired) electrons. The maximum absolute atomic E-state index is 10.9. The molecule has 0 unspecified atom stereocenters. The molecule has 0 spiro atoms. The summed E-state index contributed by atoms with van der Waals surface area (Å²) in [4.78, 5) is 10.9. The topological polar surface area (TPSA) is 38.7 Å². The molecule has 0 aromatic carbocycles. The Morgan fingerprint density at radius 1 is 0.895 bits per heavy atom. The lowest BCUT2D eigenvalue weighted by atomic mass is 10.2. The fraction of sp³-hybridized carbons (Fsp3) is 1.00. The van der Waals surface area contributed by atoms with Crippen LogP contribution in [0.5, 0.6) is 0 Å². The highest BCUT2D eigenvalue weighted by molar-refractivity contribution is 6.61. The molecule has 0 aliphatic heterocycles. The summed E-state index contributed by atoms with van der Waals surface area (Å²) in [6, 6.07) is 0. The molecule has 0 heterocycles. The van der Waals surface area contributed by atoms with Crippen LogP contribution in [0.2, 0.25) is 5.54 Å². The number of hydrogen-bond donors (Lipinski definition) is 1. The molecule has 1 saturated carbocycles. The maximum Gasteiger partial charge on any atom is 0.501 e. The molecule has 114 valence electrons. The zero-order chi connectivity index (χ0) is 14.0. The van der Waals surface area contributed by atoms with E-state index in [4.69, 9.17) is 8.85 Å². The molecule has 1 N–H and O–H groups in total. The zero-order valence-corrected chi connectivity index (χ0v) is 13.8. The summed E-state index contributed by atoms with van der Waals surface area (Å²) in [6.45, 7) is 5.60. The van der Waals surface area contributed by atoms with Gasteiger partial charge in [-0.15, -0.1) is 0 Å². The third-order valence-electron chi connectivity index (χ3n) is 3.98. The van der Waals surface area contributed by atoms with E-state index in [-0.39, 0.29) is 5.54 Å². The second kappa shape index (κ2) is 9.92. The van der Waals surface area contributed by atoms with Crippen molar-refractivity contribution in [3.05, 3.63) is 0 Å². The summed E-state index contributed by atoms with van der Waals surface area (Å²) < 4.78 is 11.8. The van der Waals surface area contributed by atoms with E-state index in [2.05, 4.69) is 13.8 Å². The number of unbranched alkanes of at least 4 members (excludes halogenated alkanes) is 2. The molecule has 1 aliphatic rings. The standard InChI is InChI=1S/C15H32O3Si/c1-3-5-13-17-19(16,18-14-6-4-2)15-11-9-7-8-10-12-15/h15-16H,3-14H2,1-2H3. The van der Waals surface area contributed by atoms with Crippen molar-refractivity contribution in [2.45, 2.75) is 83.6 Å². The van der Waals surface area contributed by atoms with Crippen molar-refractivity contribution >= 4 is 8.80 Å². The molecule has 0 bridgehead atoms. The van der Waals surface area contributed by atoms with Crippen LogP contribution in [0.4, 0.5) is 0 Å². The van der Waals surface area contributed by atoms with Gasteiger partial charge in [-0.3, -0.25) is 0 Å². The Hall–Kier alpha value is 0.0969. The van der Waals surface area contributed by atoms with E-state index >= 15 is 0 Å². The van der Waals surface area contributed by atoms with Crippen LogP contribution in [-0.4, -0.2) is 26.8 Å². The largest absolute Gasteiger partial charge is 0.501 e. The van der Waals surface area contributed by atoms with Crippen molar-refractivity contribution in [1.29, 1.82) is 0 Å². The molecule has 0 saturated heterocycles. The molecule has 0 amide bonds. The van der Waals surface area contributed by atoms with E-state index in [1.807, 2.05) is 0 Å². The number of hydrogen-bond acceptors (Lipinski definition) is 3. The third-order valence-corrected chi connectivity index (χ3v) is 6.83. The summed E-state index contributed by atoms with van der Waals surface area (Å²) in [6.07, 6.45) is 11.4. The second-order valence-corrected chi connectivity index (χ2v) is 8.38. The van der Waals surface area contributed by atoms with E-state index < -0.39 is 8.80 Å². The van der Waals surface area contributed by atoms with Gasteiger partial charge in [0.25, 0.3) is 0 Å². The normalized spacial score (nSPS) is 18.5. The third kappa shape index (κ3) is 6.39. The van der Waals surface area contributed by atoms with E-state index in [0.717, 1.165) is 38.5 Å². The van der Waals surface area contributed by atoms with Crippen LogP contribution < -0.4 is 0 Å². The van der Waals surface area contributed by atoms with Crippen LogP contribution in [-0.2, 0) is 8.85 Å². The Bertz CT molecular complexity index is 205. The van der Waals surface area contributed by atoms with Crippen molar-refractivity contribution in [1.82, 2.24) is 0 Å². The van der Waals surface area contributed by atoms with Gasteiger partial charge in [0.1, 0.15) is 0 Å². The van der Waals surface area contributed by atoms with Crippen molar-refractivity contribution in [2.24, 2.45) is 0 Å². The monoisotopic (exact) mass is 288 g/mol. The van der Waals surface area contributed by atoms with Gasteiger partial charge in [-0.05, 0) is 25.7 Å². The molecule has 1 fully saturated rings. The van der Waals surface area contributed by atoms with E-state index in [1.54, 1.807) is 0 Å². The van der Waals surface area contributed by atoms with Crippen LogP contribution in [0.25, 0.3) is 0 Å². The molecule has 0 aromatic rings. The average molecular weight is 289 g/mol. The first-order valence-electron chi connectivity index (χ1n) is 8.23. The first-order valence-corrected chi connectivity index (χ1v) is 10.1. The Balaban J connectivity index is 2.53. The smallest absolute Gasteiger partial charge is 0.390 e. The minimum atomic E-state index is -2.96. The van der Waals surface area contributed by atoms with Gasteiger partial charge in [-0.25, -0.2) is 0 Å². The first-order chi connectivity index (χ1) is 9.23. The Labute approximate surface area is 120 Å². The van der Waals surface area contributed by atoms with Gasteiger partial charge in [-0.1, -0.05) is 52.4 Å². The van der Waals surface area contributed by atoms with Gasteiger partial charge in [0.15, 0.2) is 0 Å². The highest BCUT2D eigenvalue weighted by Gasteiger charge is 2.45. The molecule has 1 aliphatic carbocycles. The van der Waals surface area contributed by atoms with Crippen LogP contribution in [0.3, 0.4) is 0 Å². The lowest BCUT2D eigenvalue weighted by molar-refractivity contribution is 0.0816. The predicted octanol–water partition coefficient (Wildman–Crippen LogP) is 4.28. The lowest BCUT2D eigenvalue weighted by Gasteiger charge is -2.31. The summed E-state index contributed by atoms with van der Waals surface area (Å²) in [5.74, 6) is 0. The maximum atomic E-state index is 10.9. The lowest BCUT2D eigenvalue weighted by Crippen LogP contribution is -2.48. The summed E-state index contributed by atoms with van der Waals surface area (Å²) in [5.41, 5.74) is 0.281. The average Bonchev–Trinajstić information content (AvgIpc) is 2.69. The molecular formula is C15H32O3Si. The van der Waals surface area contributed by atoms with E-state index in [1.165, 1.54) is 25.7 Å². The predicted molar refractivity (Wildman–Crippen MR) is 81.1 cm³/mol. The van der Waals surface area contributed by atoms with Gasteiger partial charge >= 0.3 is 8.80 Å². The van der Waals surface area contributed by atoms with Crippen LogP contribution >= 0.6 is 0 Å². The van der Waals surface area contributed by atoms with Crippen molar-refractivity contribution in [3.63, 3.8) is 0 Å². The quantitative estimate of drug-likeness (QED) is 0.391. The summed E-state index contributed by atoms with van der Waals surface area (Å²) >= 11 is 0. The van der Waals surface area contributed by atoms with Crippen molar-refractivity contribution < 1.29 is 13.6 Å². The molecule has 4 heteroatoms. The highest BCUT2D eigenvalue weighted by atomic mass is 28.4. The van der Waals surface area contributed by atoms with Crippen LogP contribution in [0.15, 0.2) is 0 Å². The van der Waals surface area contributed by atoms with E-state index in [9.17, 15) is 4.80 Å². The molecule has 3 nitrogen and oxygen atoms in total. The molecular weight excluding hydrogens is 256 g/mol. The Morgan fingerprint density at radius 2 is 1.37 bits per heavy atom. The molecule has 0 aromatic heterocycles. The molecule has 19 heavy (non-hydrogen) atoms. The van der Waals surface area contributed by atoms with Crippen molar-refractivity contribution in [2.75, 3.05) is 13.2 Å². The van der Waals surface area contributed by atoms with Crippen LogP contribution in [0.1, 0.15) is 78.1 Å². The Morgan fingerprint density at radius 3 is 1.79 bits per heavy atom. The van der Waals surface area contributed by atoms with E-state index in [0.29, 0.717) is 13.2 Å². The number of rotatable bonds is 9. The first kappa shape index (κ1) is 17.1. The minimum Gasteiger partial charge on any atom is -0.390 e. The summed E-state index contributed by atoms with van der Waals surface area (Å²) in [7, 11) is -2.96. The minimum absolute atomic E-state index is 0.281. The Kier molecular flexibility index (Phi) is 8.95. The van der Waals surface area contributed by atoms with Crippen LogP contribution in [0, 0.1) is 0 Å². The van der Waals surface area contributed by atoms with Gasteiger partial charge in [-0.2, -0.15) is 0 Å². The highest BCUT2D eigenvalue weighted by Crippen LogP contribution is 2.36. The fourth-order valence-corrected chi connectivity index (χ4v) is 5.21. The molecule has 0 atom stereocenters.